The Morgan fingerprint density at radius 2 is 1.79 bits per heavy atom. The summed E-state index contributed by atoms with van der Waals surface area (Å²) in [5.41, 5.74) is 1.68. The van der Waals surface area contributed by atoms with Gasteiger partial charge in [0, 0.05) is 31.3 Å². The molecular formula is C26H37ClN2O5. The molecule has 0 saturated carbocycles. The lowest BCUT2D eigenvalue weighted by molar-refractivity contribution is -0.00847. The summed E-state index contributed by atoms with van der Waals surface area (Å²) in [5.74, 6) is 1.25. The third-order valence-corrected chi connectivity index (χ3v) is 5.18. The topological polar surface area (TPSA) is 69.3 Å². The van der Waals surface area contributed by atoms with E-state index in [1.807, 2.05) is 31.2 Å². The summed E-state index contributed by atoms with van der Waals surface area (Å²) in [6, 6.07) is 12.7. The zero-order chi connectivity index (χ0) is 25.0. The highest BCUT2D eigenvalue weighted by Crippen LogP contribution is 2.29. The number of carbonyl (C=O) groups excluding carboxylic acids is 1. The molecule has 8 heteroatoms. The van der Waals surface area contributed by atoms with Crippen molar-refractivity contribution in [1.29, 1.82) is 0 Å². The Morgan fingerprint density at radius 3 is 2.44 bits per heavy atom. The van der Waals surface area contributed by atoms with Gasteiger partial charge in [-0.1, -0.05) is 44.5 Å². The molecule has 34 heavy (non-hydrogen) atoms. The fourth-order valence-electron chi connectivity index (χ4n) is 3.01. The first-order valence-corrected chi connectivity index (χ1v) is 11.9. The Balaban J connectivity index is 2.06. The van der Waals surface area contributed by atoms with Crippen LogP contribution in [0.4, 0.5) is 10.5 Å². The number of benzene rings is 2. The molecular weight excluding hydrogens is 456 g/mol. The first-order chi connectivity index (χ1) is 16.2. The standard InChI is InChI=1S/C26H37ClN2O5/c1-6-33-24-17-21(27)9-12-23(24)28-25(30)29(14-13-26(2,3)4)18-20-7-10-22(11-8-20)34-19-32-16-15-31-5/h7-12,17H,6,13-16,18-19H2,1-5H3,(H,28,30). The first-order valence-electron chi connectivity index (χ1n) is 11.5. The molecule has 0 spiro atoms. The summed E-state index contributed by atoms with van der Waals surface area (Å²) < 4.78 is 21.5. The lowest BCUT2D eigenvalue weighted by Gasteiger charge is -2.27. The number of nitrogens with zero attached hydrogens (tertiary/aromatic N) is 1. The van der Waals surface area contributed by atoms with Crippen LogP contribution in [-0.2, 0) is 16.0 Å². The van der Waals surface area contributed by atoms with Crippen LogP contribution in [-0.4, -0.2) is 51.2 Å². The molecule has 0 saturated heterocycles. The average molecular weight is 493 g/mol. The largest absolute Gasteiger partial charge is 0.492 e. The minimum atomic E-state index is -0.195. The van der Waals surface area contributed by atoms with Crippen LogP contribution in [0.1, 0.15) is 39.7 Å². The SMILES string of the molecule is CCOc1cc(Cl)ccc1NC(=O)N(CCC(C)(C)C)Cc1ccc(OCOCCOC)cc1. The van der Waals surface area contributed by atoms with Crippen LogP contribution >= 0.6 is 11.6 Å². The van der Waals surface area contributed by atoms with Crippen molar-refractivity contribution in [2.24, 2.45) is 5.41 Å². The van der Waals surface area contributed by atoms with Crippen LogP contribution in [0.3, 0.4) is 0 Å². The van der Waals surface area contributed by atoms with E-state index in [-0.39, 0.29) is 18.2 Å². The third-order valence-electron chi connectivity index (χ3n) is 4.94. The van der Waals surface area contributed by atoms with E-state index in [9.17, 15) is 4.79 Å². The molecule has 0 aliphatic carbocycles. The van der Waals surface area contributed by atoms with Gasteiger partial charge in [0.2, 0.25) is 0 Å². The molecule has 0 aromatic heterocycles. The fraction of sp³-hybridized carbons (Fsp3) is 0.500. The van der Waals surface area contributed by atoms with Crippen molar-refractivity contribution in [3.05, 3.63) is 53.1 Å². The van der Waals surface area contributed by atoms with Gasteiger partial charge >= 0.3 is 6.03 Å². The van der Waals surface area contributed by atoms with Gasteiger partial charge < -0.3 is 29.2 Å². The van der Waals surface area contributed by atoms with Crippen LogP contribution in [0.2, 0.25) is 5.02 Å². The molecule has 0 radical (unpaired) electrons. The molecule has 0 fully saturated rings. The molecule has 0 aliphatic heterocycles. The van der Waals surface area contributed by atoms with Crippen molar-refractivity contribution in [1.82, 2.24) is 4.90 Å². The Bertz CT molecular complexity index is 884. The molecule has 0 heterocycles. The summed E-state index contributed by atoms with van der Waals surface area (Å²) in [7, 11) is 1.63. The summed E-state index contributed by atoms with van der Waals surface area (Å²) >= 11 is 6.10. The molecule has 7 nitrogen and oxygen atoms in total. The smallest absolute Gasteiger partial charge is 0.322 e. The van der Waals surface area contributed by atoms with E-state index in [1.54, 1.807) is 30.2 Å². The van der Waals surface area contributed by atoms with Gasteiger partial charge in [0.15, 0.2) is 6.79 Å². The molecule has 188 valence electrons. The second-order valence-electron chi connectivity index (χ2n) is 9.04. The van der Waals surface area contributed by atoms with E-state index in [1.165, 1.54) is 0 Å². The molecule has 2 rings (SSSR count). The second kappa shape index (κ2) is 14.0. The first kappa shape index (κ1) is 27.8. The normalized spacial score (nSPS) is 11.2. The van der Waals surface area contributed by atoms with Gasteiger partial charge in [-0.3, -0.25) is 0 Å². The van der Waals surface area contributed by atoms with E-state index in [4.69, 9.17) is 30.5 Å². The molecule has 2 aromatic carbocycles. The number of carbonyl (C=O) groups is 1. The molecule has 2 aromatic rings. The van der Waals surface area contributed by atoms with Gasteiger partial charge in [-0.2, -0.15) is 0 Å². The van der Waals surface area contributed by atoms with Gasteiger partial charge in [-0.25, -0.2) is 4.79 Å². The summed E-state index contributed by atoms with van der Waals surface area (Å²) in [6.45, 7) is 11.1. The number of rotatable bonds is 13. The molecule has 2 amide bonds. The highest BCUT2D eigenvalue weighted by Gasteiger charge is 2.20. The Morgan fingerprint density at radius 1 is 1.06 bits per heavy atom. The molecule has 0 bridgehead atoms. The van der Waals surface area contributed by atoms with Crippen molar-refractivity contribution in [3.63, 3.8) is 0 Å². The second-order valence-corrected chi connectivity index (χ2v) is 9.48. The monoisotopic (exact) mass is 492 g/mol. The predicted octanol–water partition coefficient (Wildman–Crippen LogP) is 6.21. The highest BCUT2D eigenvalue weighted by molar-refractivity contribution is 6.30. The van der Waals surface area contributed by atoms with Crippen LogP contribution in [0.15, 0.2) is 42.5 Å². The van der Waals surface area contributed by atoms with Gasteiger partial charge in [-0.05, 0) is 48.6 Å². The van der Waals surface area contributed by atoms with E-state index in [2.05, 4.69) is 26.1 Å². The van der Waals surface area contributed by atoms with Gasteiger partial charge in [0.05, 0.1) is 25.5 Å². The van der Waals surface area contributed by atoms with Crippen molar-refractivity contribution in [2.45, 2.75) is 40.7 Å². The van der Waals surface area contributed by atoms with Crippen LogP contribution in [0.5, 0.6) is 11.5 Å². The van der Waals surface area contributed by atoms with Crippen LogP contribution < -0.4 is 14.8 Å². The minimum Gasteiger partial charge on any atom is -0.492 e. The Hall–Kier alpha value is -2.48. The fourth-order valence-corrected chi connectivity index (χ4v) is 3.18. The van der Waals surface area contributed by atoms with Crippen molar-refractivity contribution in [2.75, 3.05) is 45.6 Å². The summed E-state index contributed by atoms with van der Waals surface area (Å²) in [4.78, 5) is 15.0. The van der Waals surface area contributed by atoms with Gasteiger partial charge in [-0.15, -0.1) is 0 Å². The Labute approximate surface area is 208 Å². The molecule has 0 aliphatic rings. The van der Waals surface area contributed by atoms with E-state index < -0.39 is 0 Å². The zero-order valence-corrected chi connectivity index (χ0v) is 21.6. The zero-order valence-electron chi connectivity index (χ0n) is 20.9. The van der Waals surface area contributed by atoms with Gasteiger partial charge in [0.25, 0.3) is 0 Å². The number of ether oxygens (including phenoxy) is 4. The number of hydrogen-bond acceptors (Lipinski definition) is 5. The van der Waals surface area contributed by atoms with Gasteiger partial charge in [0.1, 0.15) is 11.5 Å². The number of amides is 2. The summed E-state index contributed by atoms with van der Waals surface area (Å²) in [6.07, 6.45) is 0.860. The van der Waals surface area contributed by atoms with Crippen molar-refractivity contribution in [3.8, 4) is 11.5 Å². The van der Waals surface area contributed by atoms with Crippen molar-refractivity contribution >= 4 is 23.3 Å². The van der Waals surface area contributed by atoms with Crippen molar-refractivity contribution < 1.29 is 23.7 Å². The molecule has 0 unspecified atom stereocenters. The number of hydrogen-bond donors (Lipinski definition) is 1. The summed E-state index contributed by atoms with van der Waals surface area (Å²) in [5, 5.41) is 3.54. The van der Waals surface area contributed by atoms with E-state index >= 15 is 0 Å². The van der Waals surface area contributed by atoms with Crippen LogP contribution in [0, 0.1) is 5.41 Å². The number of nitrogens with one attached hydrogen (secondary N) is 1. The highest BCUT2D eigenvalue weighted by atomic mass is 35.5. The molecule has 1 N–H and O–H groups in total. The number of urea groups is 1. The molecule has 0 atom stereocenters. The predicted molar refractivity (Wildman–Crippen MR) is 136 cm³/mol. The minimum absolute atomic E-state index is 0.0931. The number of halogens is 1. The number of anilines is 1. The lowest BCUT2D eigenvalue weighted by atomic mass is 9.92. The van der Waals surface area contributed by atoms with Crippen LogP contribution in [0.25, 0.3) is 0 Å². The lowest BCUT2D eigenvalue weighted by Crippen LogP contribution is -2.36. The third kappa shape index (κ3) is 10.2. The van der Waals surface area contributed by atoms with E-state index in [0.717, 1.165) is 12.0 Å². The van der Waals surface area contributed by atoms with E-state index in [0.29, 0.717) is 55.1 Å². The maximum atomic E-state index is 13.2. The number of methoxy groups -OCH3 is 1. The Kier molecular flexibility index (Phi) is 11.5. The maximum Gasteiger partial charge on any atom is 0.322 e. The quantitative estimate of drug-likeness (QED) is 0.266. The average Bonchev–Trinajstić information content (AvgIpc) is 2.78. The maximum absolute atomic E-state index is 13.2.